The number of nitrogens with zero attached hydrogens (tertiary/aromatic N) is 3. The number of aromatic nitrogens is 3. The summed E-state index contributed by atoms with van der Waals surface area (Å²) in [6, 6.07) is 12.8. The van der Waals surface area contributed by atoms with Crippen LogP contribution in [0, 0.1) is 6.92 Å². The highest BCUT2D eigenvalue weighted by molar-refractivity contribution is 7.99. The number of carbonyl (C=O) groups excluding carboxylic acids is 1. The average Bonchev–Trinajstić information content (AvgIpc) is 3.11. The lowest BCUT2D eigenvalue weighted by atomic mass is 10.2. The molecule has 0 bridgehead atoms. The number of nitrogens with one attached hydrogen (secondary N) is 1. The summed E-state index contributed by atoms with van der Waals surface area (Å²) >= 11 is 8.87. The zero-order chi connectivity index (χ0) is 21.5. The summed E-state index contributed by atoms with van der Waals surface area (Å²) in [7, 11) is 0. The quantitative estimate of drug-likeness (QED) is 0.261. The number of halogens is 1. The first-order chi connectivity index (χ1) is 14.5. The molecule has 0 radical (unpaired) electrons. The molecule has 0 aliphatic rings. The van der Waals surface area contributed by atoms with E-state index in [9.17, 15) is 9.90 Å². The predicted molar refractivity (Wildman–Crippen MR) is 123 cm³/mol. The number of hydrogen-bond donors (Lipinski definition) is 2. The van der Waals surface area contributed by atoms with Gasteiger partial charge in [-0.2, -0.15) is 0 Å². The van der Waals surface area contributed by atoms with Crippen LogP contribution in [0.25, 0.3) is 0 Å². The van der Waals surface area contributed by atoms with Gasteiger partial charge in [-0.15, -0.1) is 28.5 Å². The van der Waals surface area contributed by atoms with E-state index in [0.29, 0.717) is 22.5 Å². The molecule has 1 heterocycles. The van der Waals surface area contributed by atoms with Gasteiger partial charge in [0.2, 0.25) is 5.91 Å². The summed E-state index contributed by atoms with van der Waals surface area (Å²) in [5.41, 5.74) is 1.49. The first-order valence-electron chi connectivity index (χ1n) is 9.10. The van der Waals surface area contributed by atoms with Crippen molar-refractivity contribution in [2.45, 2.75) is 29.3 Å². The molecule has 9 heteroatoms. The van der Waals surface area contributed by atoms with Gasteiger partial charge in [-0.05, 0) is 37.3 Å². The molecule has 0 aliphatic heterocycles. The molecule has 0 fully saturated rings. The lowest BCUT2D eigenvalue weighted by molar-refractivity contribution is -0.113. The summed E-state index contributed by atoms with van der Waals surface area (Å²) in [6.45, 7) is 6.41. The number of anilines is 1. The van der Waals surface area contributed by atoms with Crippen LogP contribution < -0.4 is 5.32 Å². The van der Waals surface area contributed by atoms with Crippen molar-refractivity contribution in [2.24, 2.45) is 0 Å². The predicted octanol–water partition coefficient (Wildman–Crippen LogP) is 5.15. The molecule has 2 N–H and O–H groups in total. The molecule has 0 saturated heterocycles. The number of thioether (sulfide) groups is 2. The molecule has 0 saturated carbocycles. The first kappa shape index (κ1) is 22.3. The van der Waals surface area contributed by atoms with Crippen LogP contribution in [0.15, 0.2) is 65.2 Å². The third-order valence-corrected chi connectivity index (χ3v) is 6.27. The van der Waals surface area contributed by atoms with E-state index in [1.807, 2.05) is 4.57 Å². The van der Waals surface area contributed by atoms with Gasteiger partial charge in [0.15, 0.2) is 5.16 Å². The van der Waals surface area contributed by atoms with Gasteiger partial charge in [0.1, 0.15) is 11.6 Å². The normalized spacial score (nSPS) is 10.7. The third-order valence-electron chi connectivity index (χ3n) is 4.06. The van der Waals surface area contributed by atoms with E-state index < -0.39 is 0 Å². The summed E-state index contributed by atoms with van der Waals surface area (Å²) < 4.78 is 1.95. The van der Waals surface area contributed by atoms with Crippen LogP contribution in [-0.4, -0.2) is 31.5 Å². The molecule has 3 rings (SSSR count). The first-order valence-corrected chi connectivity index (χ1v) is 11.4. The number of aryl methyl sites for hydroxylation is 1. The second-order valence-electron chi connectivity index (χ2n) is 6.40. The molecule has 6 nitrogen and oxygen atoms in total. The van der Waals surface area contributed by atoms with E-state index in [1.165, 1.54) is 29.5 Å². The van der Waals surface area contributed by atoms with Crippen LogP contribution in [0.3, 0.4) is 0 Å². The summed E-state index contributed by atoms with van der Waals surface area (Å²) in [5, 5.41) is 22.1. The molecule has 0 atom stereocenters. The minimum Gasteiger partial charge on any atom is -0.506 e. The van der Waals surface area contributed by atoms with Crippen molar-refractivity contribution < 1.29 is 9.90 Å². The summed E-state index contributed by atoms with van der Waals surface area (Å²) in [6.07, 6.45) is 1.78. The maximum absolute atomic E-state index is 12.3. The largest absolute Gasteiger partial charge is 0.506 e. The van der Waals surface area contributed by atoms with Gasteiger partial charge in [0.05, 0.1) is 17.2 Å². The minimum absolute atomic E-state index is 0.0389. The third kappa shape index (κ3) is 6.04. The van der Waals surface area contributed by atoms with Crippen LogP contribution in [0.2, 0.25) is 5.02 Å². The Hall–Kier alpha value is -2.42. The Balaban J connectivity index is 1.62. The molecular weight excluding hydrogens is 440 g/mol. The topological polar surface area (TPSA) is 80.0 Å². The van der Waals surface area contributed by atoms with E-state index in [-0.39, 0.29) is 23.1 Å². The van der Waals surface area contributed by atoms with Gasteiger partial charge in [-0.3, -0.25) is 4.79 Å². The lowest BCUT2D eigenvalue weighted by Gasteiger charge is -2.09. The fourth-order valence-corrected chi connectivity index (χ4v) is 4.33. The molecule has 30 heavy (non-hydrogen) atoms. The number of phenolic OH excluding ortho intramolecular Hbond substituents is 1. The smallest absolute Gasteiger partial charge is 0.234 e. The van der Waals surface area contributed by atoms with E-state index in [4.69, 9.17) is 11.6 Å². The zero-order valence-corrected chi connectivity index (χ0v) is 18.7. The fraction of sp³-hybridized carbons (Fsp3) is 0.190. The number of aromatic hydroxyl groups is 1. The van der Waals surface area contributed by atoms with Gasteiger partial charge in [0, 0.05) is 16.5 Å². The van der Waals surface area contributed by atoms with Gasteiger partial charge in [0.25, 0.3) is 0 Å². The molecule has 0 aliphatic carbocycles. The van der Waals surface area contributed by atoms with Gasteiger partial charge in [-0.1, -0.05) is 47.1 Å². The van der Waals surface area contributed by atoms with Crippen molar-refractivity contribution in [2.75, 3.05) is 11.1 Å². The van der Waals surface area contributed by atoms with E-state index in [0.717, 1.165) is 10.7 Å². The van der Waals surface area contributed by atoms with E-state index in [2.05, 4.69) is 53.3 Å². The van der Waals surface area contributed by atoms with E-state index >= 15 is 0 Å². The van der Waals surface area contributed by atoms with Gasteiger partial charge in [-0.25, -0.2) is 0 Å². The van der Waals surface area contributed by atoms with Crippen molar-refractivity contribution in [1.82, 2.24) is 14.8 Å². The van der Waals surface area contributed by atoms with Gasteiger partial charge >= 0.3 is 0 Å². The van der Waals surface area contributed by atoms with Crippen LogP contribution in [0.1, 0.15) is 11.4 Å². The Morgan fingerprint density at radius 1 is 1.23 bits per heavy atom. The van der Waals surface area contributed by atoms with Crippen molar-refractivity contribution in [3.05, 3.63) is 71.5 Å². The molecular formula is C21H21ClN4O2S2. The Labute approximate surface area is 188 Å². The molecule has 1 aromatic heterocycles. The second kappa shape index (κ2) is 10.6. The van der Waals surface area contributed by atoms with Crippen LogP contribution in [-0.2, 0) is 17.1 Å². The molecule has 1 amide bonds. The minimum atomic E-state index is -0.277. The summed E-state index contributed by atoms with van der Waals surface area (Å²) in [4.78, 5) is 13.5. The molecule has 2 aromatic carbocycles. The molecule has 3 aromatic rings. The van der Waals surface area contributed by atoms with Crippen molar-refractivity contribution in [3.8, 4) is 5.75 Å². The number of amides is 1. The van der Waals surface area contributed by atoms with Crippen LogP contribution >= 0.6 is 35.1 Å². The number of hydrogen-bond acceptors (Lipinski definition) is 6. The standard InChI is InChI=1S/C21H21ClN4O2S2/c1-3-10-26-19(12-29-16-7-4-14(2)5-8-16)24-25-21(26)30-13-20(28)23-17-11-15(22)6-9-18(17)27/h3-9,11,27H,1,10,12-13H2,2H3,(H,23,28). The average molecular weight is 461 g/mol. The van der Waals surface area contributed by atoms with Crippen molar-refractivity contribution in [3.63, 3.8) is 0 Å². The Bertz CT molecular complexity index is 1040. The molecule has 0 unspecified atom stereocenters. The van der Waals surface area contributed by atoms with Crippen LogP contribution in [0.4, 0.5) is 5.69 Å². The zero-order valence-electron chi connectivity index (χ0n) is 16.3. The Morgan fingerprint density at radius 3 is 2.73 bits per heavy atom. The number of carbonyl (C=O) groups is 1. The SMILES string of the molecule is C=CCn1c(CSc2ccc(C)cc2)nnc1SCC(=O)Nc1cc(Cl)ccc1O. The van der Waals surface area contributed by atoms with Crippen LogP contribution in [0.5, 0.6) is 5.75 Å². The number of rotatable bonds is 9. The van der Waals surface area contributed by atoms with E-state index in [1.54, 1.807) is 23.9 Å². The molecule has 0 spiro atoms. The lowest BCUT2D eigenvalue weighted by Crippen LogP contribution is -2.15. The van der Waals surface area contributed by atoms with Gasteiger partial charge < -0.3 is 15.0 Å². The highest BCUT2D eigenvalue weighted by atomic mass is 35.5. The highest BCUT2D eigenvalue weighted by Crippen LogP contribution is 2.28. The summed E-state index contributed by atoms with van der Waals surface area (Å²) in [5.74, 6) is 1.28. The highest BCUT2D eigenvalue weighted by Gasteiger charge is 2.15. The fourth-order valence-electron chi connectivity index (χ4n) is 2.55. The maximum Gasteiger partial charge on any atom is 0.234 e. The number of phenols is 1. The molecule has 156 valence electrons. The van der Waals surface area contributed by atoms with Crippen molar-refractivity contribution in [1.29, 1.82) is 0 Å². The second-order valence-corrected chi connectivity index (χ2v) is 8.83. The maximum atomic E-state index is 12.3. The van der Waals surface area contributed by atoms with Crippen molar-refractivity contribution >= 4 is 46.7 Å². The monoisotopic (exact) mass is 460 g/mol. The Morgan fingerprint density at radius 2 is 2.00 bits per heavy atom. The number of benzene rings is 2. The Kier molecular flexibility index (Phi) is 7.84. The number of allylic oxidation sites excluding steroid dienone is 1.